The van der Waals surface area contributed by atoms with Crippen molar-refractivity contribution in [1.29, 1.82) is 0 Å². The van der Waals surface area contributed by atoms with E-state index in [-0.39, 0.29) is 5.82 Å². The molecule has 2 aromatic heterocycles. The van der Waals surface area contributed by atoms with Crippen LogP contribution in [0.1, 0.15) is 13.8 Å². The third kappa shape index (κ3) is 3.18. The number of hydrogen-bond donors (Lipinski definition) is 1. The normalized spacial score (nSPS) is 10.7. The summed E-state index contributed by atoms with van der Waals surface area (Å²) < 4.78 is 13.1. The first kappa shape index (κ1) is 15.1. The molecule has 1 N–H and O–H groups in total. The van der Waals surface area contributed by atoms with Crippen molar-refractivity contribution in [3.63, 3.8) is 0 Å². The van der Waals surface area contributed by atoms with Crippen molar-refractivity contribution in [2.45, 2.75) is 13.8 Å². The molecule has 0 bridgehead atoms. The maximum absolute atomic E-state index is 13.1. The zero-order chi connectivity index (χ0) is 16.2. The molecule has 7 heteroatoms. The SMILES string of the molecule is CCN(CC)c1nc(Nc2ccc(F)cc2)c2nccnc2n1. The first-order valence-corrected chi connectivity index (χ1v) is 7.47. The number of rotatable bonds is 5. The quantitative estimate of drug-likeness (QED) is 0.780. The lowest BCUT2D eigenvalue weighted by molar-refractivity contribution is 0.628. The topological polar surface area (TPSA) is 66.8 Å². The molecule has 0 atom stereocenters. The van der Waals surface area contributed by atoms with Crippen LogP contribution in [-0.4, -0.2) is 33.0 Å². The lowest BCUT2D eigenvalue weighted by Crippen LogP contribution is -2.24. The highest BCUT2D eigenvalue weighted by atomic mass is 19.1. The molecular formula is C16H17FN6. The van der Waals surface area contributed by atoms with Crippen LogP contribution in [0.5, 0.6) is 0 Å². The maximum Gasteiger partial charge on any atom is 0.229 e. The van der Waals surface area contributed by atoms with Gasteiger partial charge in [-0.05, 0) is 38.1 Å². The van der Waals surface area contributed by atoms with Gasteiger partial charge in [0.2, 0.25) is 5.95 Å². The predicted molar refractivity (Wildman–Crippen MR) is 88.4 cm³/mol. The molecule has 23 heavy (non-hydrogen) atoms. The van der Waals surface area contributed by atoms with Gasteiger partial charge in [-0.25, -0.2) is 14.4 Å². The smallest absolute Gasteiger partial charge is 0.229 e. The molecule has 0 unspecified atom stereocenters. The van der Waals surface area contributed by atoms with E-state index in [4.69, 9.17) is 0 Å². The highest BCUT2D eigenvalue weighted by Gasteiger charge is 2.13. The number of halogens is 1. The fraction of sp³-hybridized carbons (Fsp3) is 0.250. The zero-order valence-corrected chi connectivity index (χ0v) is 13.0. The number of fused-ring (bicyclic) bond motifs is 1. The molecule has 6 nitrogen and oxygen atoms in total. The average molecular weight is 312 g/mol. The van der Waals surface area contributed by atoms with Crippen molar-refractivity contribution in [2.75, 3.05) is 23.3 Å². The number of hydrogen-bond acceptors (Lipinski definition) is 6. The van der Waals surface area contributed by atoms with E-state index < -0.39 is 0 Å². The predicted octanol–water partition coefficient (Wildman–Crippen LogP) is 3.15. The van der Waals surface area contributed by atoms with Crippen molar-refractivity contribution >= 4 is 28.6 Å². The summed E-state index contributed by atoms with van der Waals surface area (Å²) in [5.74, 6) is 0.857. The van der Waals surface area contributed by atoms with Gasteiger partial charge in [-0.1, -0.05) is 0 Å². The van der Waals surface area contributed by atoms with Crippen LogP contribution < -0.4 is 10.2 Å². The summed E-state index contributed by atoms with van der Waals surface area (Å²) in [4.78, 5) is 19.6. The van der Waals surface area contributed by atoms with Gasteiger partial charge < -0.3 is 10.2 Å². The largest absolute Gasteiger partial charge is 0.341 e. The Morgan fingerprint density at radius 2 is 1.70 bits per heavy atom. The third-order valence-corrected chi connectivity index (χ3v) is 3.47. The molecule has 3 aromatic rings. The minimum Gasteiger partial charge on any atom is -0.341 e. The van der Waals surface area contributed by atoms with Gasteiger partial charge >= 0.3 is 0 Å². The van der Waals surface area contributed by atoms with Gasteiger partial charge in [0.05, 0.1) is 0 Å². The summed E-state index contributed by atoms with van der Waals surface area (Å²) in [6.07, 6.45) is 3.20. The van der Waals surface area contributed by atoms with Gasteiger partial charge in [0.1, 0.15) is 5.82 Å². The summed E-state index contributed by atoms with van der Waals surface area (Å²) in [6, 6.07) is 6.08. The van der Waals surface area contributed by atoms with Crippen LogP contribution in [0.4, 0.5) is 21.8 Å². The Bertz CT molecular complexity index is 801. The molecule has 0 fully saturated rings. The zero-order valence-electron chi connectivity index (χ0n) is 13.0. The third-order valence-electron chi connectivity index (χ3n) is 3.47. The van der Waals surface area contributed by atoms with Crippen LogP contribution in [0.3, 0.4) is 0 Å². The fourth-order valence-electron chi connectivity index (χ4n) is 2.26. The molecule has 0 aliphatic carbocycles. The van der Waals surface area contributed by atoms with Gasteiger partial charge in [0, 0.05) is 31.2 Å². The fourth-order valence-corrected chi connectivity index (χ4v) is 2.26. The van der Waals surface area contributed by atoms with Crippen LogP contribution in [-0.2, 0) is 0 Å². The van der Waals surface area contributed by atoms with Crippen molar-refractivity contribution in [3.8, 4) is 0 Å². The Hall–Kier alpha value is -2.83. The molecule has 0 radical (unpaired) electrons. The molecule has 0 saturated carbocycles. The Morgan fingerprint density at radius 3 is 2.39 bits per heavy atom. The highest BCUT2D eigenvalue weighted by molar-refractivity contribution is 5.85. The monoisotopic (exact) mass is 312 g/mol. The van der Waals surface area contributed by atoms with Crippen LogP contribution in [0.15, 0.2) is 36.7 Å². The van der Waals surface area contributed by atoms with Crippen molar-refractivity contribution in [1.82, 2.24) is 19.9 Å². The van der Waals surface area contributed by atoms with Crippen LogP contribution in [0, 0.1) is 5.82 Å². The summed E-state index contributed by atoms with van der Waals surface area (Å²) >= 11 is 0. The van der Waals surface area contributed by atoms with E-state index in [0.29, 0.717) is 22.9 Å². The van der Waals surface area contributed by atoms with E-state index in [1.165, 1.54) is 12.1 Å². The Kier molecular flexibility index (Phi) is 4.27. The minimum atomic E-state index is -0.285. The molecule has 2 heterocycles. The first-order valence-electron chi connectivity index (χ1n) is 7.47. The second-order valence-electron chi connectivity index (χ2n) is 4.90. The van der Waals surface area contributed by atoms with Gasteiger partial charge in [-0.15, -0.1) is 0 Å². The summed E-state index contributed by atoms with van der Waals surface area (Å²) in [7, 11) is 0. The average Bonchev–Trinajstić information content (AvgIpc) is 2.58. The van der Waals surface area contributed by atoms with E-state index in [1.54, 1.807) is 24.5 Å². The van der Waals surface area contributed by atoms with Crippen molar-refractivity contribution < 1.29 is 4.39 Å². The van der Waals surface area contributed by atoms with Crippen LogP contribution in [0.2, 0.25) is 0 Å². The summed E-state index contributed by atoms with van der Waals surface area (Å²) in [6.45, 7) is 5.66. The summed E-state index contributed by atoms with van der Waals surface area (Å²) in [5.41, 5.74) is 1.82. The maximum atomic E-state index is 13.1. The molecule has 0 spiro atoms. The standard InChI is InChI=1S/C16H17FN6/c1-3-23(4-2)16-21-14-13(18-9-10-19-14)15(22-16)20-12-7-5-11(17)6-8-12/h5-10H,3-4H2,1-2H3,(H,19,20,21,22). The molecule has 0 aliphatic heterocycles. The lowest BCUT2D eigenvalue weighted by atomic mass is 10.3. The van der Waals surface area contributed by atoms with E-state index >= 15 is 0 Å². The van der Waals surface area contributed by atoms with Crippen LogP contribution in [0.25, 0.3) is 11.2 Å². The van der Waals surface area contributed by atoms with Gasteiger partial charge in [0.25, 0.3) is 0 Å². The van der Waals surface area contributed by atoms with Crippen molar-refractivity contribution in [3.05, 3.63) is 42.5 Å². The Morgan fingerprint density at radius 1 is 1.00 bits per heavy atom. The van der Waals surface area contributed by atoms with Gasteiger partial charge in [0.15, 0.2) is 17.0 Å². The molecule has 0 saturated heterocycles. The molecule has 118 valence electrons. The second-order valence-corrected chi connectivity index (χ2v) is 4.90. The number of benzene rings is 1. The highest BCUT2D eigenvalue weighted by Crippen LogP contribution is 2.23. The van der Waals surface area contributed by atoms with Crippen molar-refractivity contribution in [2.24, 2.45) is 0 Å². The Balaban J connectivity index is 2.07. The number of nitrogens with zero attached hydrogens (tertiary/aromatic N) is 5. The van der Waals surface area contributed by atoms with E-state index in [1.807, 2.05) is 18.7 Å². The van der Waals surface area contributed by atoms with Gasteiger partial charge in [-0.3, -0.25) is 0 Å². The molecule has 1 aromatic carbocycles. The second kappa shape index (κ2) is 6.51. The van der Waals surface area contributed by atoms with Gasteiger partial charge in [-0.2, -0.15) is 9.97 Å². The summed E-state index contributed by atoms with van der Waals surface area (Å²) in [5, 5.41) is 3.17. The van der Waals surface area contributed by atoms with E-state index in [0.717, 1.165) is 18.8 Å². The van der Waals surface area contributed by atoms with Crippen LogP contribution >= 0.6 is 0 Å². The Labute approximate surface area is 133 Å². The minimum absolute atomic E-state index is 0.285. The van der Waals surface area contributed by atoms with E-state index in [2.05, 4.69) is 25.3 Å². The molecule has 3 rings (SSSR count). The van der Waals surface area contributed by atoms with E-state index in [9.17, 15) is 4.39 Å². The number of aromatic nitrogens is 4. The lowest BCUT2D eigenvalue weighted by Gasteiger charge is -2.19. The molecule has 0 aliphatic rings. The first-order chi connectivity index (χ1) is 11.2. The number of nitrogens with one attached hydrogen (secondary N) is 1. The number of anilines is 3. The molecule has 0 amide bonds. The molecular weight excluding hydrogens is 295 g/mol.